The number of esters is 1. The van der Waals surface area contributed by atoms with Crippen LogP contribution in [-0.4, -0.2) is 68.3 Å². The van der Waals surface area contributed by atoms with Crippen LogP contribution in [0.15, 0.2) is 18.2 Å². The monoisotopic (exact) mass is 546 g/mol. The third-order valence-electron chi connectivity index (χ3n) is 9.15. The molecule has 2 aliphatic rings. The SMILES string of the molecule is CCC1CCC(C)(OC(=O)[C@@H]2CCCN2C(=O)[C@@H](NC(=O)C(O)Cc2ccc(O)c(O)c2)C(C)(C)C)C1(C)C. The van der Waals surface area contributed by atoms with Crippen molar-refractivity contribution in [2.24, 2.45) is 16.7 Å². The van der Waals surface area contributed by atoms with Gasteiger partial charge in [-0.15, -0.1) is 0 Å². The average Bonchev–Trinajstić information content (AvgIpc) is 3.41. The molecule has 1 aromatic rings. The summed E-state index contributed by atoms with van der Waals surface area (Å²) in [6.45, 7) is 14.3. The van der Waals surface area contributed by atoms with Gasteiger partial charge in [0.05, 0.1) is 0 Å². The Kier molecular flexibility index (Phi) is 8.95. The fraction of sp³-hybridized carbons (Fsp3) is 0.700. The van der Waals surface area contributed by atoms with Gasteiger partial charge in [0.1, 0.15) is 23.8 Å². The highest BCUT2D eigenvalue weighted by Gasteiger charge is 2.54. The topological polar surface area (TPSA) is 136 Å². The van der Waals surface area contributed by atoms with Crippen molar-refractivity contribution in [3.05, 3.63) is 23.8 Å². The number of phenols is 2. The highest BCUT2D eigenvalue weighted by atomic mass is 16.6. The second kappa shape index (κ2) is 11.4. The van der Waals surface area contributed by atoms with Gasteiger partial charge in [0, 0.05) is 18.4 Å². The van der Waals surface area contributed by atoms with Crippen LogP contribution in [0.2, 0.25) is 0 Å². The van der Waals surface area contributed by atoms with E-state index in [1.54, 1.807) is 0 Å². The van der Waals surface area contributed by atoms with Crippen LogP contribution in [0.4, 0.5) is 0 Å². The second-order valence-corrected chi connectivity index (χ2v) is 13.1. The third kappa shape index (κ3) is 6.34. The van der Waals surface area contributed by atoms with Gasteiger partial charge < -0.3 is 30.3 Å². The molecule has 0 radical (unpaired) electrons. The van der Waals surface area contributed by atoms with Gasteiger partial charge in [0.15, 0.2) is 11.5 Å². The first kappa shape index (κ1) is 30.7. The number of benzene rings is 1. The van der Waals surface area contributed by atoms with Crippen molar-refractivity contribution in [2.45, 2.75) is 111 Å². The summed E-state index contributed by atoms with van der Waals surface area (Å²) in [7, 11) is 0. The number of amides is 2. The summed E-state index contributed by atoms with van der Waals surface area (Å²) in [6, 6.07) is 2.33. The Hall–Kier alpha value is -2.81. The zero-order valence-corrected chi connectivity index (χ0v) is 24.4. The molecule has 4 N–H and O–H groups in total. The minimum atomic E-state index is -1.48. The maximum Gasteiger partial charge on any atom is 0.329 e. The summed E-state index contributed by atoms with van der Waals surface area (Å²) in [5, 5.41) is 32.5. The summed E-state index contributed by atoms with van der Waals surface area (Å²) >= 11 is 0. The number of phenolic OH excluding ortho intramolecular Hbond substituents is 2. The molecule has 1 aromatic carbocycles. The highest BCUT2D eigenvalue weighted by molar-refractivity contribution is 5.92. The molecule has 9 heteroatoms. The van der Waals surface area contributed by atoms with Crippen LogP contribution in [0.3, 0.4) is 0 Å². The van der Waals surface area contributed by atoms with Crippen molar-refractivity contribution in [1.29, 1.82) is 0 Å². The number of aliphatic hydroxyl groups excluding tert-OH is 1. The molecule has 0 bridgehead atoms. The smallest absolute Gasteiger partial charge is 0.329 e. The highest BCUT2D eigenvalue weighted by Crippen LogP contribution is 2.53. The van der Waals surface area contributed by atoms with Crippen molar-refractivity contribution < 1.29 is 34.4 Å². The standard InChI is InChI=1S/C30H46N2O7/c1-8-19-13-14-30(7,29(19,5)6)39-27(38)20-10-9-15-32(20)26(37)24(28(2,3)4)31-25(36)23(35)17-18-11-12-21(33)22(34)16-18/h11-12,16,19-20,23-24,33-35H,8-10,13-15,17H2,1-7H3,(H,31,36)/t19?,20-,23?,24+,30?/m0/s1. The van der Waals surface area contributed by atoms with Gasteiger partial charge in [0.25, 0.3) is 0 Å². The first-order chi connectivity index (χ1) is 18.0. The van der Waals surface area contributed by atoms with Gasteiger partial charge >= 0.3 is 5.97 Å². The van der Waals surface area contributed by atoms with E-state index in [2.05, 4.69) is 26.1 Å². The van der Waals surface area contributed by atoms with Gasteiger partial charge in [-0.3, -0.25) is 9.59 Å². The molecule has 1 saturated heterocycles. The number of hydrogen-bond donors (Lipinski definition) is 4. The van der Waals surface area contributed by atoms with Crippen LogP contribution in [0.5, 0.6) is 11.5 Å². The van der Waals surface area contributed by atoms with Crippen molar-refractivity contribution in [2.75, 3.05) is 6.54 Å². The Bertz CT molecular complexity index is 1080. The number of likely N-dealkylation sites (tertiary alicyclic amines) is 1. The number of nitrogens with zero attached hydrogens (tertiary/aromatic N) is 1. The number of nitrogens with one attached hydrogen (secondary N) is 1. The molecular formula is C30H46N2O7. The number of rotatable bonds is 8. The molecular weight excluding hydrogens is 500 g/mol. The number of carbonyl (C=O) groups excluding carboxylic acids is 3. The molecule has 2 fully saturated rings. The molecule has 5 atom stereocenters. The van der Waals surface area contributed by atoms with Crippen LogP contribution >= 0.6 is 0 Å². The van der Waals surface area contributed by atoms with E-state index in [1.807, 2.05) is 27.7 Å². The number of aromatic hydroxyl groups is 2. The number of hydrogen-bond acceptors (Lipinski definition) is 7. The third-order valence-corrected chi connectivity index (χ3v) is 9.15. The quantitative estimate of drug-likeness (QED) is 0.288. The van der Waals surface area contributed by atoms with Crippen LogP contribution in [-0.2, 0) is 25.5 Å². The van der Waals surface area contributed by atoms with Gasteiger partial charge in [-0.1, -0.05) is 54.0 Å². The zero-order valence-electron chi connectivity index (χ0n) is 24.4. The minimum absolute atomic E-state index is 0.115. The van der Waals surface area contributed by atoms with Gasteiger partial charge in [-0.2, -0.15) is 0 Å². The lowest BCUT2D eigenvalue weighted by Gasteiger charge is -2.42. The summed E-state index contributed by atoms with van der Waals surface area (Å²) in [5.41, 5.74) is -1.06. The molecule has 1 aliphatic heterocycles. The first-order valence-corrected chi connectivity index (χ1v) is 14.0. The molecule has 2 amide bonds. The first-order valence-electron chi connectivity index (χ1n) is 14.0. The molecule has 1 aliphatic carbocycles. The zero-order chi connectivity index (χ0) is 29.3. The molecule has 3 unspecified atom stereocenters. The van der Waals surface area contributed by atoms with E-state index in [0.717, 1.165) is 19.3 Å². The van der Waals surface area contributed by atoms with E-state index < -0.39 is 41.1 Å². The Balaban J connectivity index is 1.72. The Morgan fingerprint density at radius 1 is 1.13 bits per heavy atom. The molecule has 0 aromatic heterocycles. The fourth-order valence-electron chi connectivity index (χ4n) is 6.09. The van der Waals surface area contributed by atoms with Crippen LogP contribution in [0.25, 0.3) is 0 Å². The van der Waals surface area contributed by atoms with Crippen molar-refractivity contribution in [3.8, 4) is 11.5 Å². The summed E-state index contributed by atoms with van der Waals surface area (Å²) < 4.78 is 6.18. The largest absolute Gasteiger partial charge is 0.504 e. The molecule has 1 saturated carbocycles. The lowest BCUT2D eigenvalue weighted by molar-refractivity contribution is -0.177. The van der Waals surface area contributed by atoms with Crippen molar-refractivity contribution >= 4 is 17.8 Å². The lowest BCUT2D eigenvalue weighted by Crippen LogP contribution is -2.58. The Morgan fingerprint density at radius 3 is 2.36 bits per heavy atom. The number of aliphatic hydroxyl groups is 1. The molecule has 9 nitrogen and oxygen atoms in total. The fourth-order valence-corrected chi connectivity index (χ4v) is 6.09. The van der Waals surface area contributed by atoms with E-state index in [1.165, 1.54) is 23.1 Å². The van der Waals surface area contributed by atoms with Crippen molar-refractivity contribution in [3.63, 3.8) is 0 Å². The van der Waals surface area contributed by atoms with Crippen LogP contribution in [0.1, 0.15) is 86.1 Å². The van der Waals surface area contributed by atoms with Crippen molar-refractivity contribution in [1.82, 2.24) is 10.2 Å². The maximum absolute atomic E-state index is 13.8. The molecule has 3 rings (SSSR count). The lowest BCUT2D eigenvalue weighted by atomic mass is 9.72. The normalized spacial score (nSPS) is 26.2. The van der Waals surface area contributed by atoms with Crippen LogP contribution in [0, 0.1) is 16.7 Å². The molecule has 39 heavy (non-hydrogen) atoms. The molecule has 1 heterocycles. The van der Waals surface area contributed by atoms with E-state index in [4.69, 9.17) is 4.74 Å². The van der Waals surface area contributed by atoms with Crippen LogP contribution < -0.4 is 5.32 Å². The van der Waals surface area contributed by atoms with Gasteiger partial charge in [-0.25, -0.2) is 4.79 Å². The van der Waals surface area contributed by atoms with Gasteiger partial charge in [-0.05, 0) is 61.6 Å². The predicted molar refractivity (Wildman–Crippen MR) is 147 cm³/mol. The second-order valence-electron chi connectivity index (χ2n) is 13.1. The number of ether oxygens (including phenoxy) is 1. The van der Waals surface area contributed by atoms with E-state index >= 15 is 0 Å². The van der Waals surface area contributed by atoms with E-state index in [0.29, 0.717) is 30.9 Å². The van der Waals surface area contributed by atoms with E-state index in [9.17, 15) is 29.7 Å². The minimum Gasteiger partial charge on any atom is -0.504 e. The summed E-state index contributed by atoms with van der Waals surface area (Å²) in [6.07, 6.45) is 2.34. The predicted octanol–water partition coefficient (Wildman–Crippen LogP) is 3.67. The number of carbonyl (C=O) groups is 3. The van der Waals surface area contributed by atoms with E-state index in [-0.39, 0.29) is 29.2 Å². The summed E-state index contributed by atoms with van der Waals surface area (Å²) in [5.74, 6) is -1.72. The van der Waals surface area contributed by atoms with Gasteiger partial charge in [0.2, 0.25) is 11.8 Å². The molecule has 0 spiro atoms. The average molecular weight is 547 g/mol. The Morgan fingerprint density at radius 2 is 1.79 bits per heavy atom. The summed E-state index contributed by atoms with van der Waals surface area (Å²) in [4.78, 5) is 41.8. The Labute approximate surface area is 231 Å². The molecule has 218 valence electrons. The maximum atomic E-state index is 13.8.